The number of phenols is 3. The van der Waals surface area contributed by atoms with E-state index in [4.69, 9.17) is 5.73 Å². The molecule has 27 heteroatoms. The average Bonchev–Trinajstić information content (AvgIpc) is 3.90. The monoisotopic (exact) mass is 1090 g/mol. The number of nitrogens with zero attached hydrogens (tertiary/aromatic N) is 1. The number of aliphatic hydroxyl groups excluding tert-OH is 3. The van der Waals surface area contributed by atoms with Gasteiger partial charge >= 0.3 is 11.9 Å². The summed E-state index contributed by atoms with van der Waals surface area (Å²) in [6, 6.07) is 1.99. The third-order valence-electron chi connectivity index (χ3n) is 12.5. The highest BCUT2D eigenvalue weighted by Crippen LogP contribution is 2.22. The van der Waals surface area contributed by atoms with Crippen molar-refractivity contribution in [1.82, 2.24) is 42.1 Å². The molecule has 27 nitrogen and oxygen atoms in total. The first kappa shape index (κ1) is 62.1. The second-order valence-corrected chi connectivity index (χ2v) is 19.0. The largest absolute Gasteiger partial charge is 0.508 e. The Balaban J connectivity index is 1.64. The summed E-state index contributed by atoms with van der Waals surface area (Å²) in [5.41, 5.74) is 6.84. The third kappa shape index (κ3) is 18.4. The number of phenolic OH excluding ortho intramolecular Hbond substituents is 3. The molecule has 0 radical (unpaired) electrons. The Labute approximate surface area is 447 Å². The Morgan fingerprint density at radius 1 is 0.538 bits per heavy atom. The van der Waals surface area contributed by atoms with E-state index < -0.39 is 145 Å². The maximum absolute atomic E-state index is 14.8. The van der Waals surface area contributed by atoms with Gasteiger partial charge in [-0.1, -0.05) is 50.2 Å². The van der Waals surface area contributed by atoms with Gasteiger partial charge in [-0.3, -0.25) is 43.2 Å². The number of amides is 8. The number of carbonyl (C=O) groups excluding carboxylic acids is 8. The minimum Gasteiger partial charge on any atom is -0.508 e. The predicted molar refractivity (Wildman–Crippen MR) is 272 cm³/mol. The number of nitrogens with one attached hydrogen (secondary N) is 7. The summed E-state index contributed by atoms with van der Waals surface area (Å²) in [5, 5.41) is 95.8. The van der Waals surface area contributed by atoms with Gasteiger partial charge in [0.1, 0.15) is 71.6 Å². The molecule has 1 fully saturated rings. The van der Waals surface area contributed by atoms with Crippen molar-refractivity contribution in [3.63, 3.8) is 0 Å². The molecule has 424 valence electrons. The zero-order valence-electron chi connectivity index (χ0n) is 42.8. The number of carboxylic acid groups (broad SMARTS) is 2. The van der Waals surface area contributed by atoms with Crippen LogP contribution in [0.1, 0.15) is 56.7 Å². The fraction of sp³-hybridized carbons (Fsp3) is 0.451. The summed E-state index contributed by atoms with van der Waals surface area (Å²) in [4.78, 5) is 135. The normalized spacial score (nSPS) is 16.6. The molecular weight excluding hydrogens is 1030 g/mol. The van der Waals surface area contributed by atoms with Crippen molar-refractivity contribution in [2.75, 3.05) is 19.8 Å². The number of aromatic hydroxyl groups is 3. The highest BCUT2D eigenvalue weighted by Gasteiger charge is 2.41. The number of rotatable bonds is 28. The molecular formula is C51H67N9O18. The lowest BCUT2D eigenvalue weighted by molar-refractivity contribution is -0.145. The Kier molecular flexibility index (Phi) is 23.3. The zero-order valence-corrected chi connectivity index (χ0v) is 42.8. The fourth-order valence-corrected chi connectivity index (χ4v) is 8.17. The van der Waals surface area contributed by atoms with E-state index in [0.717, 1.165) is 11.8 Å². The Bertz CT molecular complexity index is 2600. The molecule has 0 bridgehead atoms. The lowest BCUT2D eigenvalue weighted by atomic mass is 10.0. The third-order valence-corrected chi connectivity index (χ3v) is 12.5. The van der Waals surface area contributed by atoms with Crippen LogP contribution >= 0.6 is 0 Å². The Hall–Kier alpha value is -8.40. The lowest BCUT2D eigenvalue weighted by Gasteiger charge is -2.31. The molecule has 0 aromatic heterocycles. The quantitative estimate of drug-likeness (QED) is 0.0331. The first-order chi connectivity index (χ1) is 36.8. The first-order valence-corrected chi connectivity index (χ1v) is 24.7. The van der Waals surface area contributed by atoms with Crippen LogP contribution in [0.3, 0.4) is 0 Å². The number of hydrogen-bond donors (Lipinski definition) is 16. The van der Waals surface area contributed by atoms with Crippen LogP contribution in [0.5, 0.6) is 17.2 Å². The maximum Gasteiger partial charge on any atom is 0.326 e. The molecule has 17 N–H and O–H groups in total. The van der Waals surface area contributed by atoms with Gasteiger partial charge in [-0.25, -0.2) is 4.79 Å². The number of nitrogens with two attached hydrogens (primary N) is 1. The summed E-state index contributed by atoms with van der Waals surface area (Å²) >= 11 is 0. The van der Waals surface area contributed by atoms with Crippen LogP contribution in [0.4, 0.5) is 0 Å². The number of likely N-dealkylation sites (tertiary alicyclic amines) is 1. The molecule has 1 heterocycles. The van der Waals surface area contributed by atoms with Crippen LogP contribution in [0.25, 0.3) is 0 Å². The first-order valence-electron chi connectivity index (χ1n) is 24.7. The summed E-state index contributed by atoms with van der Waals surface area (Å²) in [7, 11) is 0. The topological polar surface area (TPSA) is 446 Å². The van der Waals surface area contributed by atoms with Gasteiger partial charge in [0.25, 0.3) is 0 Å². The number of benzene rings is 3. The van der Waals surface area contributed by atoms with Gasteiger partial charge in [0.2, 0.25) is 47.3 Å². The van der Waals surface area contributed by atoms with Crippen molar-refractivity contribution in [2.45, 2.75) is 120 Å². The zero-order chi connectivity index (χ0) is 58.0. The minimum atomic E-state index is -1.91. The molecule has 3 aromatic rings. The number of carboxylic acids is 2. The van der Waals surface area contributed by atoms with E-state index in [1.165, 1.54) is 86.6 Å². The van der Waals surface area contributed by atoms with Crippen LogP contribution in [0.15, 0.2) is 72.8 Å². The second kappa shape index (κ2) is 29.2. The smallest absolute Gasteiger partial charge is 0.326 e. The summed E-state index contributed by atoms with van der Waals surface area (Å²) in [6.07, 6.45) is -3.44. The van der Waals surface area contributed by atoms with Crippen LogP contribution in [0.2, 0.25) is 0 Å². The molecule has 8 amide bonds. The van der Waals surface area contributed by atoms with E-state index in [0.29, 0.717) is 16.7 Å². The van der Waals surface area contributed by atoms with E-state index >= 15 is 0 Å². The van der Waals surface area contributed by atoms with Crippen LogP contribution < -0.4 is 43.0 Å². The van der Waals surface area contributed by atoms with Crippen molar-refractivity contribution >= 4 is 59.2 Å². The Morgan fingerprint density at radius 3 is 1.38 bits per heavy atom. The van der Waals surface area contributed by atoms with E-state index in [-0.39, 0.29) is 55.9 Å². The van der Waals surface area contributed by atoms with Gasteiger partial charge in [-0.05, 0) is 78.8 Å². The molecule has 0 spiro atoms. The van der Waals surface area contributed by atoms with Crippen molar-refractivity contribution in [2.24, 2.45) is 11.7 Å². The second-order valence-electron chi connectivity index (χ2n) is 19.0. The van der Waals surface area contributed by atoms with Crippen molar-refractivity contribution in [3.8, 4) is 17.2 Å². The number of aliphatic carboxylic acids is 2. The number of hydrogen-bond acceptors (Lipinski definition) is 17. The van der Waals surface area contributed by atoms with Gasteiger partial charge in [-0.2, -0.15) is 0 Å². The summed E-state index contributed by atoms with van der Waals surface area (Å²) in [6.45, 7) is 2.18. The molecule has 0 unspecified atom stereocenters. The lowest BCUT2D eigenvalue weighted by Crippen LogP contribution is -2.62. The van der Waals surface area contributed by atoms with Crippen molar-refractivity contribution in [1.29, 1.82) is 0 Å². The molecule has 0 aliphatic carbocycles. The van der Waals surface area contributed by atoms with E-state index in [1.807, 2.05) is 0 Å². The van der Waals surface area contributed by atoms with Crippen LogP contribution in [0, 0.1) is 5.92 Å². The van der Waals surface area contributed by atoms with Crippen LogP contribution in [-0.2, 0) is 67.2 Å². The minimum absolute atomic E-state index is 0.0357. The van der Waals surface area contributed by atoms with Gasteiger partial charge in [0.15, 0.2) is 0 Å². The van der Waals surface area contributed by atoms with Gasteiger partial charge in [0, 0.05) is 25.8 Å². The fourth-order valence-electron chi connectivity index (χ4n) is 8.17. The summed E-state index contributed by atoms with van der Waals surface area (Å²) in [5.74, 6) is -12.4. The molecule has 0 saturated carbocycles. The van der Waals surface area contributed by atoms with E-state index in [1.54, 1.807) is 0 Å². The molecule has 1 aliphatic rings. The predicted octanol–water partition coefficient (Wildman–Crippen LogP) is -3.88. The molecule has 78 heavy (non-hydrogen) atoms. The van der Waals surface area contributed by atoms with E-state index in [2.05, 4.69) is 37.2 Å². The standard InChI is InChI=1S/C51H67N9O18/c1-25(2)41(51(77)78)58-47(73)38(24-62)57-45(71)36(22-40(67)68)54-48(74)39-5-4-18-60(39)50(76)37(21-29-10-16-32(66)17-11-29)56-44(70)34(19-27-6-12-30(64)13-7-27)55-49(75)42(26(3)63)59-46(72)35(53-43(69)33(52)23-61)20-28-8-14-31(65)15-9-28/h6-17,25-26,33-39,41-42,61-66H,4-5,18-24,52H2,1-3H3,(H,53,69)(H,54,74)(H,55,75)(H,56,70)(H,57,71)(H,58,73)(H,59,72)(H,67,68)(H,77,78)/t26-,33+,34+,35+,36+,37+,38+,39+,41+,42+/m1/s1. The summed E-state index contributed by atoms with van der Waals surface area (Å²) < 4.78 is 0. The molecule has 10 atom stereocenters. The highest BCUT2D eigenvalue weighted by molar-refractivity contribution is 5.99. The van der Waals surface area contributed by atoms with Crippen molar-refractivity contribution < 1.29 is 88.8 Å². The van der Waals surface area contributed by atoms with Crippen molar-refractivity contribution in [3.05, 3.63) is 89.5 Å². The molecule has 1 aliphatic heterocycles. The average molecular weight is 1090 g/mol. The highest BCUT2D eigenvalue weighted by atomic mass is 16.4. The number of carbonyl (C=O) groups is 10. The number of aliphatic hydroxyl groups is 3. The maximum atomic E-state index is 14.8. The SMILES string of the molecule is CC(C)[C@H](NC(=O)[C@H](CO)NC(=O)[C@H](CC(=O)O)NC(=O)[C@@H]1CCCN1C(=O)[C@H](Cc1ccc(O)cc1)NC(=O)[C@H](Cc1ccc(O)cc1)NC(=O)[C@@H](NC(=O)[C@H](Cc1ccc(O)cc1)NC(=O)[C@@H](N)CO)[C@@H](C)O)C(=O)O. The van der Waals surface area contributed by atoms with Gasteiger partial charge in [-0.15, -0.1) is 0 Å². The molecule has 3 aromatic carbocycles. The Morgan fingerprint density at radius 2 is 0.949 bits per heavy atom. The van der Waals surface area contributed by atoms with E-state index in [9.17, 15) is 88.8 Å². The molecule has 4 rings (SSSR count). The van der Waals surface area contributed by atoms with Gasteiger partial charge in [0.05, 0.1) is 25.7 Å². The molecule has 1 saturated heterocycles. The van der Waals surface area contributed by atoms with Crippen LogP contribution in [-0.4, -0.2) is 185 Å². The van der Waals surface area contributed by atoms with Gasteiger partial charge < -0.3 is 88.7 Å².